The van der Waals surface area contributed by atoms with E-state index in [-0.39, 0.29) is 6.54 Å². The summed E-state index contributed by atoms with van der Waals surface area (Å²) in [7, 11) is 0. The molecule has 60 valence electrons. The molecule has 0 amide bonds. The summed E-state index contributed by atoms with van der Waals surface area (Å²) in [4.78, 5) is 10.2. The number of aromatic nitrogens is 4. The van der Waals surface area contributed by atoms with Crippen LogP contribution in [0.15, 0.2) is 5.16 Å². The second kappa shape index (κ2) is 3.33. The van der Waals surface area contributed by atoms with Crippen molar-refractivity contribution in [1.29, 1.82) is 0 Å². The summed E-state index contributed by atoms with van der Waals surface area (Å²) < 4.78 is 1.23. The second-order valence-corrected chi connectivity index (χ2v) is 2.49. The van der Waals surface area contributed by atoms with Gasteiger partial charge in [0.05, 0.1) is 0 Å². The Bertz CT molecular complexity index is 260. The second-order valence-electron chi connectivity index (χ2n) is 1.72. The minimum absolute atomic E-state index is 0.191. The van der Waals surface area contributed by atoms with Crippen molar-refractivity contribution < 1.29 is 9.90 Å². The van der Waals surface area contributed by atoms with E-state index >= 15 is 0 Å². The van der Waals surface area contributed by atoms with Gasteiger partial charge in [0, 0.05) is 0 Å². The third kappa shape index (κ3) is 1.90. The Morgan fingerprint density at radius 3 is 3.09 bits per heavy atom. The lowest BCUT2D eigenvalue weighted by molar-refractivity contribution is -0.138. The van der Waals surface area contributed by atoms with Gasteiger partial charge in [0.2, 0.25) is 5.16 Å². The van der Waals surface area contributed by atoms with Crippen molar-refractivity contribution in [1.82, 2.24) is 20.2 Å². The molecule has 1 heterocycles. The fourth-order valence-corrected chi connectivity index (χ4v) is 1.000. The molecule has 0 aliphatic heterocycles. The summed E-state index contributed by atoms with van der Waals surface area (Å²) in [5.74, 6) is -0.951. The number of carboxylic acid groups (broad SMARTS) is 1. The van der Waals surface area contributed by atoms with Gasteiger partial charge < -0.3 is 5.11 Å². The van der Waals surface area contributed by atoms with Crippen LogP contribution in [-0.4, -0.2) is 37.5 Å². The molecule has 1 aromatic heterocycles. The molecule has 0 aliphatic carbocycles. The molecule has 1 aromatic rings. The quantitative estimate of drug-likeness (QED) is 0.621. The molecule has 0 saturated heterocycles. The van der Waals surface area contributed by atoms with E-state index in [0.717, 1.165) is 0 Å². The highest BCUT2D eigenvalue weighted by Gasteiger charge is 2.06. The molecule has 0 saturated carbocycles. The lowest BCUT2D eigenvalue weighted by atomic mass is 10.7. The third-order valence-electron chi connectivity index (χ3n) is 0.967. The standard InChI is InChI=1S/C4H6N4O2S/c1-11-4-5-6-7-8(4)2-3(9)10/h2H2,1H3,(H,9,10). The number of hydrogen-bond donors (Lipinski definition) is 1. The van der Waals surface area contributed by atoms with Gasteiger partial charge in [-0.05, 0) is 16.7 Å². The topological polar surface area (TPSA) is 80.9 Å². The van der Waals surface area contributed by atoms with E-state index in [1.807, 2.05) is 0 Å². The molecule has 11 heavy (non-hydrogen) atoms. The first-order valence-electron chi connectivity index (χ1n) is 2.76. The lowest BCUT2D eigenvalue weighted by Crippen LogP contribution is -2.11. The first-order chi connectivity index (χ1) is 5.24. The summed E-state index contributed by atoms with van der Waals surface area (Å²) in [6.45, 7) is -0.191. The van der Waals surface area contributed by atoms with Crippen LogP contribution in [0.25, 0.3) is 0 Å². The van der Waals surface area contributed by atoms with Gasteiger partial charge in [0.25, 0.3) is 0 Å². The molecule has 0 aliphatic rings. The van der Waals surface area contributed by atoms with Crippen molar-refractivity contribution in [2.75, 3.05) is 6.26 Å². The maximum atomic E-state index is 10.2. The molecular formula is C4H6N4O2S. The van der Waals surface area contributed by atoms with Crippen LogP contribution in [0.2, 0.25) is 0 Å². The molecule has 0 aromatic carbocycles. The van der Waals surface area contributed by atoms with E-state index in [0.29, 0.717) is 5.16 Å². The molecular weight excluding hydrogens is 168 g/mol. The molecule has 1 N–H and O–H groups in total. The average molecular weight is 174 g/mol. The van der Waals surface area contributed by atoms with Crippen LogP contribution < -0.4 is 0 Å². The summed E-state index contributed by atoms with van der Waals surface area (Å²) in [5.41, 5.74) is 0. The van der Waals surface area contributed by atoms with Crippen LogP contribution in [0.3, 0.4) is 0 Å². The highest BCUT2D eigenvalue weighted by atomic mass is 32.2. The number of thioether (sulfide) groups is 1. The largest absolute Gasteiger partial charge is 0.480 e. The molecule has 1 rings (SSSR count). The summed E-state index contributed by atoms with van der Waals surface area (Å²) in [5, 5.41) is 19.3. The lowest BCUT2D eigenvalue weighted by Gasteiger charge is -1.95. The average Bonchev–Trinajstić information content (AvgIpc) is 2.34. The SMILES string of the molecule is CSc1nnnn1CC(=O)O. The van der Waals surface area contributed by atoms with Crippen LogP contribution in [0.5, 0.6) is 0 Å². The molecule has 0 unspecified atom stereocenters. The van der Waals surface area contributed by atoms with Gasteiger partial charge in [-0.2, -0.15) is 0 Å². The van der Waals surface area contributed by atoms with E-state index < -0.39 is 5.97 Å². The predicted octanol–water partition coefficient (Wildman–Crippen LogP) is -0.520. The fourth-order valence-electron chi connectivity index (χ4n) is 0.570. The summed E-state index contributed by atoms with van der Waals surface area (Å²) in [6.07, 6.45) is 1.78. The Labute approximate surface area is 66.6 Å². The monoisotopic (exact) mass is 174 g/mol. The Kier molecular flexibility index (Phi) is 2.42. The molecule has 6 nitrogen and oxygen atoms in total. The molecule has 0 spiro atoms. The minimum atomic E-state index is -0.951. The number of hydrogen-bond acceptors (Lipinski definition) is 5. The number of tetrazole rings is 1. The Balaban J connectivity index is 2.76. The van der Waals surface area contributed by atoms with Crippen LogP contribution in [0.4, 0.5) is 0 Å². The van der Waals surface area contributed by atoms with Gasteiger partial charge in [-0.1, -0.05) is 11.8 Å². The van der Waals surface area contributed by atoms with Crippen LogP contribution in [0, 0.1) is 0 Å². The van der Waals surface area contributed by atoms with Crippen LogP contribution >= 0.6 is 11.8 Å². The van der Waals surface area contributed by atoms with Gasteiger partial charge in [-0.3, -0.25) is 4.79 Å². The molecule has 7 heteroatoms. The van der Waals surface area contributed by atoms with Crippen molar-refractivity contribution in [3.63, 3.8) is 0 Å². The first kappa shape index (κ1) is 7.99. The predicted molar refractivity (Wildman–Crippen MR) is 37.2 cm³/mol. The van der Waals surface area contributed by atoms with Crippen LogP contribution in [-0.2, 0) is 11.3 Å². The molecule has 0 atom stereocenters. The smallest absolute Gasteiger partial charge is 0.325 e. The third-order valence-corrected chi connectivity index (χ3v) is 1.62. The zero-order valence-corrected chi connectivity index (χ0v) is 6.58. The summed E-state index contributed by atoms with van der Waals surface area (Å²) >= 11 is 1.31. The zero-order chi connectivity index (χ0) is 8.27. The zero-order valence-electron chi connectivity index (χ0n) is 5.76. The normalized spacial score (nSPS) is 9.91. The van der Waals surface area contributed by atoms with Gasteiger partial charge in [-0.25, -0.2) is 4.68 Å². The number of nitrogens with zero attached hydrogens (tertiary/aromatic N) is 4. The number of rotatable bonds is 3. The fraction of sp³-hybridized carbons (Fsp3) is 0.500. The van der Waals surface area contributed by atoms with E-state index in [9.17, 15) is 4.79 Å². The van der Waals surface area contributed by atoms with E-state index in [4.69, 9.17) is 5.11 Å². The van der Waals surface area contributed by atoms with Gasteiger partial charge >= 0.3 is 5.97 Å². The number of carboxylic acids is 1. The van der Waals surface area contributed by atoms with Crippen molar-refractivity contribution in [3.8, 4) is 0 Å². The van der Waals surface area contributed by atoms with Crippen molar-refractivity contribution in [2.24, 2.45) is 0 Å². The van der Waals surface area contributed by atoms with E-state index in [1.54, 1.807) is 6.26 Å². The first-order valence-corrected chi connectivity index (χ1v) is 3.98. The maximum Gasteiger partial charge on any atom is 0.325 e. The maximum absolute atomic E-state index is 10.2. The van der Waals surface area contributed by atoms with Crippen LogP contribution in [0.1, 0.15) is 0 Å². The van der Waals surface area contributed by atoms with Gasteiger partial charge in [-0.15, -0.1) is 5.10 Å². The van der Waals surface area contributed by atoms with E-state index in [2.05, 4.69) is 15.5 Å². The van der Waals surface area contributed by atoms with Crippen molar-refractivity contribution in [3.05, 3.63) is 0 Å². The Morgan fingerprint density at radius 2 is 2.55 bits per heavy atom. The minimum Gasteiger partial charge on any atom is -0.480 e. The highest BCUT2D eigenvalue weighted by Crippen LogP contribution is 2.07. The number of carbonyl (C=O) groups is 1. The molecule has 0 fully saturated rings. The van der Waals surface area contributed by atoms with Crippen molar-refractivity contribution >= 4 is 17.7 Å². The summed E-state index contributed by atoms with van der Waals surface area (Å²) in [6, 6.07) is 0. The molecule has 0 bridgehead atoms. The van der Waals surface area contributed by atoms with E-state index in [1.165, 1.54) is 16.4 Å². The van der Waals surface area contributed by atoms with Crippen molar-refractivity contribution in [2.45, 2.75) is 11.7 Å². The number of aliphatic carboxylic acids is 1. The highest BCUT2D eigenvalue weighted by molar-refractivity contribution is 7.98. The molecule has 0 radical (unpaired) electrons. The van der Waals surface area contributed by atoms with Gasteiger partial charge in [0.15, 0.2) is 0 Å². The Morgan fingerprint density at radius 1 is 1.82 bits per heavy atom. The van der Waals surface area contributed by atoms with Gasteiger partial charge in [0.1, 0.15) is 6.54 Å². The Hall–Kier alpha value is -1.11.